The minimum absolute atomic E-state index is 0.132. The van der Waals surface area contributed by atoms with E-state index in [1.807, 2.05) is 12.5 Å². The summed E-state index contributed by atoms with van der Waals surface area (Å²) in [5.41, 5.74) is 1.09. The molecular weight excluding hydrogens is 340 g/mol. The van der Waals surface area contributed by atoms with Gasteiger partial charge in [-0.05, 0) is 38.6 Å². The molecule has 3 aliphatic rings. The van der Waals surface area contributed by atoms with Gasteiger partial charge in [0.05, 0.1) is 24.0 Å². The molecule has 0 N–H and O–H groups in total. The van der Waals surface area contributed by atoms with Crippen molar-refractivity contribution in [3.8, 4) is 0 Å². The minimum Gasteiger partial charge on any atom is -0.383 e. The van der Waals surface area contributed by atoms with Crippen LogP contribution in [0.25, 0.3) is 0 Å². The monoisotopic (exact) mass is 374 g/mol. The van der Waals surface area contributed by atoms with Crippen LogP contribution in [-0.2, 0) is 22.6 Å². The first-order valence-corrected chi connectivity index (χ1v) is 10.7. The lowest BCUT2D eigenvalue weighted by atomic mass is 9.77. The van der Waals surface area contributed by atoms with E-state index in [9.17, 15) is 4.79 Å². The molecule has 3 fully saturated rings. The van der Waals surface area contributed by atoms with Gasteiger partial charge in [-0.25, -0.2) is 4.98 Å². The van der Waals surface area contributed by atoms with Crippen molar-refractivity contribution in [2.75, 3.05) is 33.4 Å². The van der Waals surface area contributed by atoms with E-state index in [4.69, 9.17) is 4.74 Å². The van der Waals surface area contributed by atoms with Crippen molar-refractivity contribution in [1.29, 1.82) is 0 Å². The number of amides is 1. The molecule has 1 atom stereocenters. The summed E-state index contributed by atoms with van der Waals surface area (Å²) >= 11 is 0. The van der Waals surface area contributed by atoms with E-state index in [-0.39, 0.29) is 5.41 Å². The lowest BCUT2D eigenvalue weighted by Crippen LogP contribution is -2.54. The molecule has 2 aliphatic heterocycles. The maximum atomic E-state index is 13.5. The Morgan fingerprint density at radius 2 is 2.04 bits per heavy atom. The summed E-state index contributed by atoms with van der Waals surface area (Å²) in [7, 11) is 1.73. The zero-order chi connectivity index (χ0) is 18.7. The largest absolute Gasteiger partial charge is 0.383 e. The molecule has 4 rings (SSSR count). The average Bonchev–Trinajstić information content (AvgIpc) is 3.31. The van der Waals surface area contributed by atoms with E-state index < -0.39 is 0 Å². The molecular formula is C21H34N4O2. The Labute approximate surface area is 162 Å². The third-order valence-corrected chi connectivity index (χ3v) is 6.94. The van der Waals surface area contributed by atoms with Gasteiger partial charge in [0.2, 0.25) is 5.91 Å². The van der Waals surface area contributed by atoms with Crippen LogP contribution >= 0.6 is 0 Å². The average molecular weight is 375 g/mol. The number of hydrogen-bond donors (Lipinski definition) is 0. The Hall–Kier alpha value is -1.40. The molecule has 1 aromatic heterocycles. The highest BCUT2D eigenvalue weighted by atomic mass is 16.5. The van der Waals surface area contributed by atoms with Crippen LogP contribution in [0.2, 0.25) is 0 Å². The van der Waals surface area contributed by atoms with E-state index in [1.165, 1.54) is 44.2 Å². The highest BCUT2D eigenvalue weighted by Gasteiger charge is 2.49. The van der Waals surface area contributed by atoms with Gasteiger partial charge in [-0.15, -0.1) is 0 Å². The van der Waals surface area contributed by atoms with Crippen LogP contribution < -0.4 is 0 Å². The summed E-state index contributed by atoms with van der Waals surface area (Å²) in [5.74, 6) is 0.455. The van der Waals surface area contributed by atoms with Crippen LogP contribution in [-0.4, -0.2) is 64.7 Å². The van der Waals surface area contributed by atoms with Gasteiger partial charge in [-0.1, -0.05) is 19.3 Å². The zero-order valence-electron chi connectivity index (χ0n) is 16.7. The fourth-order valence-corrected chi connectivity index (χ4v) is 5.41. The van der Waals surface area contributed by atoms with Crippen LogP contribution in [0.5, 0.6) is 0 Å². The number of methoxy groups -OCH3 is 1. The fraction of sp³-hybridized carbons (Fsp3) is 0.810. The van der Waals surface area contributed by atoms with E-state index in [2.05, 4.69) is 19.4 Å². The first-order chi connectivity index (χ1) is 13.2. The molecule has 1 saturated carbocycles. The molecule has 2 saturated heterocycles. The molecule has 1 amide bonds. The number of carbonyl (C=O) groups excluding carboxylic acids is 1. The topological polar surface area (TPSA) is 50.6 Å². The summed E-state index contributed by atoms with van der Waals surface area (Å²) in [5, 5.41) is 0. The maximum absolute atomic E-state index is 13.5. The first kappa shape index (κ1) is 18.9. The molecule has 1 unspecified atom stereocenters. The van der Waals surface area contributed by atoms with Crippen LogP contribution in [0.1, 0.15) is 57.1 Å². The van der Waals surface area contributed by atoms with Crippen LogP contribution in [0.15, 0.2) is 12.5 Å². The van der Waals surface area contributed by atoms with Gasteiger partial charge in [0.15, 0.2) is 0 Å². The standard InChI is InChI=1S/C21H34N4O2/c1-27-13-12-24-17-22-14-19(24)15-23-11-9-21(16-23)8-5-10-25(20(21)26)18-6-3-2-4-7-18/h14,17-18H,2-13,15-16H2,1H3. The van der Waals surface area contributed by atoms with Gasteiger partial charge >= 0.3 is 0 Å². The molecule has 27 heavy (non-hydrogen) atoms. The third kappa shape index (κ3) is 3.92. The number of rotatable bonds is 6. The van der Waals surface area contributed by atoms with E-state index >= 15 is 0 Å². The predicted octanol–water partition coefficient (Wildman–Crippen LogP) is 2.68. The van der Waals surface area contributed by atoms with Crippen LogP contribution in [0, 0.1) is 5.41 Å². The van der Waals surface area contributed by atoms with Crippen molar-refractivity contribution in [3.63, 3.8) is 0 Å². The summed E-state index contributed by atoms with van der Waals surface area (Å²) in [6.07, 6.45) is 13.4. The number of piperidine rings is 1. The van der Waals surface area contributed by atoms with Gasteiger partial charge < -0.3 is 14.2 Å². The lowest BCUT2D eigenvalue weighted by Gasteiger charge is -2.44. The maximum Gasteiger partial charge on any atom is 0.230 e. The number of ether oxygens (including phenoxy) is 1. The third-order valence-electron chi connectivity index (χ3n) is 6.94. The molecule has 150 valence electrons. The second-order valence-electron chi connectivity index (χ2n) is 8.71. The molecule has 0 radical (unpaired) electrons. The Morgan fingerprint density at radius 1 is 1.19 bits per heavy atom. The van der Waals surface area contributed by atoms with E-state index in [1.54, 1.807) is 7.11 Å². The fourth-order valence-electron chi connectivity index (χ4n) is 5.41. The first-order valence-electron chi connectivity index (χ1n) is 10.7. The minimum atomic E-state index is -0.132. The lowest BCUT2D eigenvalue weighted by molar-refractivity contribution is -0.149. The van der Waals surface area contributed by atoms with Gasteiger partial charge in [0.1, 0.15) is 0 Å². The van der Waals surface area contributed by atoms with Crippen molar-refractivity contribution < 1.29 is 9.53 Å². The quantitative estimate of drug-likeness (QED) is 0.768. The van der Waals surface area contributed by atoms with Crippen molar-refractivity contribution in [2.24, 2.45) is 5.41 Å². The van der Waals surface area contributed by atoms with Crippen LogP contribution in [0.3, 0.4) is 0 Å². The molecule has 6 nitrogen and oxygen atoms in total. The highest BCUT2D eigenvalue weighted by molar-refractivity contribution is 5.84. The molecule has 1 aromatic rings. The summed E-state index contributed by atoms with van der Waals surface area (Å²) in [6, 6.07) is 0.507. The molecule has 1 aliphatic carbocycles. The second-order valence-corrected chi connectivity index (χ2v) is 8.71. The van der Waals surface area contributed by atoms with Crippen LogP contribution in [0.4, 0.5) is 0 Å². The van der Waals surface area contributed by atoms with Gasteiger partial charge in [0.25, 0.3) is 0 Å². The predicted molar refractivity (Wildman–Crippen MR) is 104 cm³/mol. The molecule has 3 heterocycles. The summed E-state index contributed by atoms with van der Waals surface area (Å²) < 4.78 is 7.37. The highest BCUT2D eigenvalue weighted by Crippen LogP contribution is 2.42. The smallest absolute Gasteiger partial charge is 0.230 e. The van der Waals surface area contributed by atoms with Gasteiger partial charge in [0, 0.05) is 45.5 Å². The number of imidazole rings is 1. The number of carbonyl (C=O) groups is 1. The number of nitrogens with zero attached hydrogens (tertiary/aromatic N) is 4. The summed E-state index contributed by atoms with van der Waals surface area (Å²) in [6.45, 7) is 5.31. The molecule has 6 heteroatoms. The number of likely N-dealkylation sites (tertiary alicyclic amines) is 2. The number of aromatic nitrogens is 2. The van der Waals surface area contributed by atoms with Crippen molar-refractivity contribution in [3.05, 3.63) is 18.2 Å². The Balaban J connectivity index is 1.40. The van der Waals surface area contributed by atoms with E-state index in [0.29, 0.717) is 18.6 Å². The molecule has 0 bridgehead atoms. The second kappa shape index (κ2) is 8.31. The number of hydrogen-bond acceptors (Lipinski definition) is 4. The van der Waals surface area contributed by atoms with E-state index in [0.717, 1.165) is 45.6 Å². The Morgan fingerprint density at radius 3 is 2.85 bits per heavy atom. The Bertz CT molecular complexity index is 640. The molecule has 1 spiro atoms. The SMILES string of the molecule is COCCn1cncc1CN1CCC2(CCCN(C3CCCCC3)C2=O)C1. The van der Waals surface area contributed by atoms with Crippen molar-refractivity contribution in [1.82, 2.24) is 19.4 Å². The Kier molecular flexibility index (Phi) is 5.83. The van der Waals surface area contributed by atoms with Crippen molar-refractivity contribution >= 4 is 5.91 Å². The zero-order valence-corrected chi connectivity index (χ0v) is 16.7. The molecule has 0 aromatic carbocycles. The summed E-state index contributed by atoms with van der Waals surface area (Å²) in [4.78, 5) is 22.5. The van der Waals surface area contributed by atoms with Gasteiger partial charge in [-0.3, -0.25) is 9.69 Å². The normalized spacial score (nSPS) is 27.7. The van der Waals surface area contributed by atoms with Gasteiger partial charge in [-0.2, -0.15) is 0 Å². The van der Waals surface area contributed by atoms with Crippen molar-refractivity contribution in [2.45, 2.75) is 70.5 Å².